The van der Waals surface area contributed by atoms with E-state index in [0.717, 1.165) is 5.56 Å². The van der Waals surface area contributed by atoms with Crippen LogP contribution < -0.4 is 5.19 Å². The zero-order valence-electron chi connectivity index (χ0n) is 10.6. The molecule has 0 saturated heterocycles. The van der Waals surface area contributed by atoms with E-state index < -0.39 is 14.2 Å². The summed E-state index contributed by atoms with van der Waals surface area (Å²) in [7, 11) is -1.30. The first kappa shape index (κ1) is 13.4. The maximum atomic E-state index is 9.63. The molecule has 0 aliphatic heterocycles. The van der Waals surface area contributed by atoms with Gasteiger partial charge in [0.1, 0.15) is 0 Å². The van der Waals surface area contributed by atoms with Crippen molar-refractivity contribution in [1.82, 2.24) is 0 Å². The van der Waals surface area contributed by atoms with Crippen LogP contribution in [0.1, 0.15) is 18.4 Å². The molecule has 0 fully saturated rings. The maximum Gasteiger partial charge on any atom is 0.0836 e. The lowest BCUT2D eigenvalue weighted by molar-refractivity contribution is 0.0772. The van der Waals surface area contributed by atoms with E-state index in [4.69, 9.17) is 5.11 Å². The highest BCUT2D eigenvalue weighted by atomic mass is 28.3. The van der Waals surface area contributed by atoms with Crippen molar-refractivity contribution in [3.63, 3.8) is 0 Å². The van der Waals surface area contributed by atoms with E-state index in [2.05, 4.69) is 31.8 Å². The highest BCUT2D eigenvalue weighted by Crippen LogP contribution is 2.18. The Kier molecular flexibility index (Phi) is 4.30. The van der Waals surface area contributed by atoms with Gasteiger partial charge in [0.15, 0.2) is 0 Å². The third-order valence-corrected chi connectivity index (χ3v) is 5.09. The molecule has 0 bridgehead atoms. The van der Waals surface area contributed by atoms with Crippen LogP contribution in [0.5, 0.6) is 0 Å². The molecule has 0 aliphatic carbocycles. The summed E-state index contributed by atoms with van der Waals surface area (Å²) in [5.41, 5.74) is 1.11. The molecule has 1 aromatic rings. The molecule has 1 aromatic carbocycles. The summed E-state index contributed by atoms with van der Waals surface area (Å²) in [6.07, 6.45) is -0.670. The average molecular weight is 238 g/mol. The number of aliphatic hydroxyl groups is 2. The van der Waals surface area contributed by atoms with Crippen molar-refractivity contribution in [1.29, 1.82) is 0 Å². The van der Waals surface area contributed by atoms with E-state index in [-0.39, 0.29) is 12.5 Å². The lowest BCUT2D eigenvalue weighted by atomic mass is 9.96. The zero-order chi connectivity index (χ0) is 12.3. The van der Waals surface area contributed by atoms with Gasteiger partial charge in [0.25, 0.3) is 0 Å². The highest BCUT2D eigenvalue weighted by Gasteiger charge is 2.20. The van der Waals surface area contributed by atoms with Gasteiger partial charge < -0.3 is 10.2 Å². The van der Waals surface area contributed by atoms with E-state index in [9.17, 15) is 5.11 Å². The van der Waals surface area contributed by atoms with Crippen LogP contribution in [0.25, 0.3) is 0 Å². The van der Waals surface area contributed by atoms with Crippen LogP contribution in [0.3, 0.4) is 0 Å². The van der Waals surface area contributed by atoms with Gasteiger partial charge in [-0.3, -0.25) is 0 Å². The van der Waals surface area contributed by atoms with Crippen LogP contribution in [0.15, 0.2) is 24.3 Å². The molecule has 16 heavy (non-hydrogen) atoms. The number of benzene rings is 1. The van der Waals surface area contributed by atoms with E-state index >= 15 is 0 Å². The molecule has 0 unspecified atom stereocenters. The summed E-state index contributed by atoms with van der Waals surface area (Å²) in [6.45, 7) is 8.68. The minimum absolute atomic E-state index is 0.0127. The largest absolute Gasteiger partial charge is 0.394 e. The van der Waals surface area contributed by atoms with Crippen LogP contribution in [0.4, 0.5) is 0 Å². The predicted molar refractivity (Wildman–Crippen MR) is 70.9 cm³/mol. The summed E-state index contributed by atoms with van der Waals surface area (Å²) >= 11 is 0. The molecule has 2 nitrogen and oxygen atoms in total. The Hall–Kier alpha value is -0.643. The standard InChI is InChI=1S/C13H22O2Si/c1-10(13(15)9-14)11-6-5-7-12(8-11)16(2,3)4/h5-8,10,13-15H,9H2,1-4H3/t10-,13-/m0/s1. The number of aliphatic hydroxyl groups excluding tert-OH is 2. The van der Waals surface area contributed by atoms with E-state index in [1.807, 2.05) is 19.1 Å². The lowest BCUT2D eigenvalue weighted by Crippen LogP contribution is -2.38. The van der Waals surface area contributed by atoms with Gasteiger partial charge in [-0.15, -0.1) is 0 Å². The van der Waals surface area contributed by atoms with Crippen molar-refractivity contribution in [2.45, 2.75) is 38.6 Å². The first-order chi connectivity index (χ1) is 7.36. The first-order valence-corrected chi connectivity index (χ1v) is 9.25. The molecule has 0 radical (unpaired) electrons. The molecular formula is C13H22O2Si. The Morgan fingerprint density at radius 2 is 1.88 bits per heavy atom. The lowest BCUT2D eigenvalue weighted by Gasteiger charge is -2.21. The summed E-state index contributed by atoms with van der Waals surface area (Å²) in [6, 6.07) is 8.40. The Morgan fingerprint density at radius 3 is 2.38 bits per heavy atom. The quantitative estimate of drug-likeness (QED) is 0.784. The van der Waals surface area contributed by atoms with Crippen molar-refractivity contribution in [3.8, 4) is 0 Å². The second-order valence-corrected chi connectivity index (χ2v) is 10.5. The normalized spacial score (nSPS) is 15.9. The molecule has 3 heteroatoms. The smallest absolute Gasteiger partial charge is 0.0836 e. The Bertz CT molecular complexity index is 344. The minimum atomic E-state index is -1.30. The van der Waals surface area contributed by atoms with Gasteiger partial charge in [-0.1, -0.05) is 56.0 Å². The van der Waals surface area contributed by atoms with Crippen molar-refractivity contribution >= 4 is 13.3 Å². The summed E-state index contributed by atoms with van der Waals surface area (Å²) < 4.78 is 0. The summed E-state index contributed by atoms with van der Waals surface area (Å²) in [5.74, 6) is -0.0127. The first-order valence-electron chi connectivity index (χ1n) is 5.75. The molecule has 0 aromatic heterocycles. The Labute approximate surface area is 99.0 Å². The van der Waals surface area contributed by atoms with Gasteiger partial charge in [-0.2, -0.15) is 0 Å². The number of hydrogen-bond donors (Lipinski definition) is 2. The van der Waals surface area contributed by atoms with Crippen LogP contribution in [-0.2, 0) is 0 Å². The maximum absolute atomic E-state index is 9.63. The highest BCUT2D eigenvalue weighted by molar-refractivity contribution is 6.88. The van der Waals surface area contributed by atoms with Gasteiger partial charge in [0.2, 0.25) is 0 Å². The third kappa shape index (κ3) is 3.17. The topological polar surface area (TPSA) is 40.5 Å². The molecule has 90 valence electrons. The van der Waals surface area contributed by atoms with Gasteiger partial charge >= 0.3 is 0 Å². The van der Waals surface area contributed by atoms with Gasteiger partial charge in [0.05, 0.1) is 20.8 Å². The molecule has 0 saturated carbocycles. The van der Waals surface area contributed by atoms with Gasteiger partial charge in [-0.05, 0) is 5.56 Å². The fraction of sp³-hybridized carbons (Fsp3) is 0.538. The predicted octanol–water partition coefficient (Wildman–Crippen LogP) is 1.69. The molecular weight excluding hydrogens is 216 g/mol. The van der Waals surface area contributed by atoms with Crippen molar-refractivity contribution in [2.75, 3.05) is 6.61 Å². The molecule has 2 N–H and O–H groups in total. The SMILES string of the molecule is C[C@@H](c1cccc([Si](C)(C)C)c1)[C@@H](O)CO. The fourth-order valence-electron chi connectivity index (χ4n) is 1.67. The second kappa shape index (κ2) is 5.12. The van der Waals surface area contributed by atoms with Gasteiger partial charge in [0, 0.05) is 5.92 Å². The zero-order valence-corrected chi connectivity index (χ0v) is 11.6. The Balaban J connectivity index is 2.99. The van der Waals surface area contributed by atoms with E-state index in [1.165, 1.54) is 5.19 Å². The third-order valence-electron chi connectivity index (χ3n) is 3.04. The monoisotopic (exact) mass is 238 g/mol. The number of hydrogen-bond acceptors (Lipinski definition) is 2. The van der Waals surface area contributed by atoms with Gasteiger partial charge in [-0.25, -0.2) is 0 Å². The molecule has 0 spiro atoms. The molecule has 0 amide bonds. The van der Waals surface area contributed by atoms with Crippen LogP contribution in [0, 0.1) is 0 Å². The molecule has 2 atom stereocenters. The van der Waals surface area contributed by atoms with Crippen LogP contribution >= 0.6 is 0 Å². The van der Waals surface area contributed by atoms with Crippen LogP contribution in [-0.4, -0.2) is 31.0 Å². The second-order valence-electron chi connectivity index (χ2n) is 5.41. The number of rotatable bonds is 4. The molecule has 0 heterocycles. The van der Waals surface area contributed by atoms with E-state index in [0.29, 0.717) is 0 Å². The van der Waals surface area contributed by atoms with Crippen LogP contribution in [0.2, 0.25) is 19.6 Å². The van der Waals surface area contributed by atoms with E-state index in [1.54, 1.807) is 0 Å². The average Bonchev–Trinajstić information content (AvgIpc) is 2.26. The summed E-state index contributed by atoms with van der Waals surface area (Å²) in [5, 5.41) is 20.0. The minimum Gasteiger partial charge on any atom is -0.394 e. The molecule has 0 aliphatic rings. The summed E-state index contributed by atoms with van der Waals surface area (Å²) in [4.78, 5) is 0. The van der Waals surface area contributed by atoms with Crippen molar-refractivity contribution < 1.29 is 10.2 Å². The Morgan fingerprint density at radius 1 is 1.25 bits per heavy atom. The van der Waals surface area contributed by atoms with Crippen molar-refractivity contribution in [3.05, 3.63) is 29.8 Å². The fourth-order valence-corrected chi connectivity index (χ4v) is 2.86. The van der Waals surface area contributed by atoms with Crippen molar-refractivity contribution in [2.24, 2.45) is 0 Å². The molecule has 1 rings (SSSR count).